The van der Waals surface area contributed by atoms with Gasteiger partial charge in [0.1, 0.15) is 5.75 Å². The smallest absolute Gasteiger partial charge is 0.240 e. The van der Waals surface area contributed by atoms with Gasteiger partial charge < -0.3 is 4.74 Å². The Morgan fingerprint density at radius 3 is 2.84 bits per heavy atom. The molecule has 32 heavy (non-hydrogen) atoms. The van der Waals surface area contributed by atoms with Crippen molar-refractivity contribution in [2.24, 2.45) is 11.0 Å². The summed E-state index contributed by atoms with van der Waals surface area (Å²) < 4.78 is 6.25. The molecule has 0 saturated carbocycles. The van der Waals surface area contributed by atoms with E-state index in [1.165, 1.54) is 23.1 Å². The second kappa shape index (κ2) is 12.4. The molecule has 3 aromatic rings. The molecule has 170 valence electrons. The van der Waals surface area contributed by atoms with E-state index in [4.69, 9.17) is 4.74 Å². The zero-order chi connectivity index (χ0) is 22.8. The van der Waals surface area contributed by atoms with Crippen LogP contribution in [0.3, 0.4) is 0 Å². The van der Waals surface area contributed by atoms with Gasteiger partial charge in [0, 0.05) is 5.75 Å². The fourth-order valence-corrected chi connectivity index (χ4v) is 4.53. The molecular weight excluding hydrogens is 468 g/mol. The first-order valence-corrected chi connectivity index (χ1v) is 12.6. The van der Waals surface area contributed by atoms with Crippen molar-refractivity contribution in [1.29, 1.82) is 0 Å². The second-order valence-corrected chi connectivity index (χ2v) is 9.94. The van der Waals surface area contributed by atoms with E-state index in [0.29, 0.717) is 28.8 Å². The maximum absolute atomic E-state index is 12.1. The molecule has 0 fully saturated rings. The number of hydrogen-bond donors (Lipinski definition) is 3. The van der Waals surface area contributed by atoms with Crippen molar-refractivity contribution in [1.82, 2.24) is 25.4 Å². The van der Waals surface area contributed by atoms with Crippen molar-refractivity contribution in [3.8, 4) is 5.75 Å². The lowest BCUT2D eigenvalue weighted by Gasteiger charge is -2.01. The minimum atomic E-state index is -0.195. The van der Waals surface area contributed by atoms with Crippen LogP contribution >= 0.6 is 34.9 Å². The molecule has 0 bridgehead atoms. The van der Waals surface area contributed by atoms with Gasteiger partial charge in [-0.3, -0.25) is 10.1 Å². The van der Waals surface area contributed by atoms with Gasteiger partial charge in [0.2, 0.25) is 22.1 Å². The van der Waals surface area contributed by atoms with Crippen molar-refractivity contribution < 1.29 is 9.53 Å². The Balaban J connectivity index is 1.40. The molecule has 10 nitrogen and oxygen atoms in total. The molecule has 2 aromatic heterocycles. The highest BCUT2D eigenvalue weighted by molar-refractivity contribution is 8.01. The summed E-state index contributed by atoms with van der Waals surface area (Å²) in [6.07, 6.45) is 1.66. The number of rotatable bonds is 12. The Hall–Kier alpha value is -2.64. The van der Waals surface area contributed by atoms with Gasteiger partial charge in [0.15, 0.2) is 4.34 Å². The molecule has 0 unspecified atom stereocenters. The van der Waals surface area contributed by atoms with E-state index in [2.05, 4.69) is 55.1 Å². The van der Waals surface area contributed by atoms with Crippen LogP contribution in [-0.4, -0.2) is 55.6 Å². The zero-order valence-corrected chi connectivity index (χ0v) is 20.3. The van der Waals surface area contributed by atoms with Crippen LogP contribution in [0.4, 0.5) is 11.1 Å². The Morgan fingerprint density at radius 1 is 1.28 bits per heavy atom. The van der Waals surface area contributed by atoms with Crippen LogP contribution in [0, 0.1) is 5.92 Å². The molecule has 1 aromatic carbocycles. The van der Waals surface area contributed by atoms with Crippen LogP contribution in [0.1, 0.15) is 26.3 Å². The van der Waals surface area contributed by atoms with Crippen LogP contribution in [0.5, 0.6) is 5.75 Å². The summed E-state index contributed by atoms with van der Waals surface area (Å²) in [6.45, 7) is 6.86. The van der Waals surface area contributed by atoms with E-state index in [-0.39, 0.29) is 11.7 Å². The van der Waals surface area contributed by atoms with Crippen molar-refractivity contribution in [3.63, 3.8) is 0 Å². The lowest BCUT2D eigenvalue weighted by molar-refractivity contribution is -0.113. The fraction of sp³-hybridized carbons (Fsp3) is 0.368. The van der Waals surface area contributed by atoms with Gasteiger partial charge in [-0.05, 0) is 42.7 Å². The number of nitrogens with one attached hydrogen (secondary N) is 3. The quantitative estimate of drug-likeness (QED) is 0.149. The van der Waals surface area contributed by atoms with Crippen LogP contribution in [0.2, 0.25) is 0 Å². The molecule has 1 amide bonds. The molecule has 0 aliphatic carbocycles. The first kappa shape index (κ1) is 24.0. The number of carbonyl (C=O) groups is 1. The minimum absolute atomic E-state index is 0.154. The van der Waals surface area contributed by atoms with E-state index in [0.717, 1.165) is 21.4 Å². The second-order valence-electron chi connectivity index (χ2n) is 6.75. The molecule has 0 aliphatic heterocycles. The van der Waals surface area contributed by atoms with E-state index in [1.807, 2.05) is 31.2 Å². The largest absolute Gasteiger partial charge is 0.494 e. The normalized spacial score (nSPS) is 11.2. The average Bonchev–Trinajstić information content (AvgIpc) is 3.41. The summed E-state index contributed by atoms with van der Waals surface area (Å²) in [7, 11) is 0. The molecule has 0 aliphatic rings. The standard InChI is InChI=1S/C19H24N8O2S3/c1-4-29-14-7-5-13(6-8-14)9-20-23-16-22-17(25-24-16)30-11-15(28)21-18-26-27-19(32-18)31-10-12(2)3/h5-9,12H,4,10-11H2,1-3H3,(H,21,26,28)(H2,22,23,24,25)/b20-9-. The molecule has 13 heteroatoms. The highest BCUT2D eigenvalue weighted by Crippen LogP contribution is 2.27. The number of anilines is 2. The molecular formula is C19H24N8O2S3. The highest BCUT2D eigenvalue weighted by atomic mass is 32.2. The lowest BCUT2D eigenvalue weighted by atomic mass is 10.2. The van der Waals surface area contributed by atoms with Crippen LogP contribution in [0.25, 0.3) is 0 Å². The minimum Gasteiger partial charge on any atom is -0.494 e. The number of aromatic amines is 1. The molecule has 3 rings (SSSR count). The SMILES string of the molecule is CCOc1ccc(/C=N\Nc2nc(SCC(=O)Nc3nnc(SCC(C)C)s3)n[nH]2)cc1. The van der Waals surface area contributed by atoms with Gasteiger partial charge in [-0.25, -0.2) is 10.5 Å². The number of thioether (sulfide) groups is 2. The summed E-state index contributed by atoms with van der Waals surface area (Å²) in [5.74, 6) is 2.68. The zero-order valence-electron chi connectivity index (χ0n) is 17.9. The van der Waals surface area contributed by atoms with Crippen molar-refractivity contribution in [2.45, 2.75) is 30.3 Å². The van der Waals surface area contributed by atoms with Gasteiger partial charge in [-0.1, -0.05) is 48.7 Å². The first-order valence-electron chi connectivity index (χ1n) is 9.85. The predicted octanol–water partition coefficient (Wildman–Crippen LogP) is 3.98. The van der Waals surface area contributed by atoms with Crippen molar-refractivity contribution >= 4 is 58.1 Å². The van der Waals surface area contributed by atoms with Gasteiger partial charge in [0.25, 0.3) is 0 Å². The monoisotopic (exact) mass is 492 g/mol. The summed E-state index contributed by atoms with van der Waals surface area (Å²) >= 11 is 4.21. The third kappa shape index (κ3) is 8.13. The summed E-state index contributed by atoms with van der Waals surface area (Å²) in [5, 5.41) is 22.7. The maximum atomic E-state index is 12.1. The molecule has 2 heterocycles. The molecule has 0 saturated heterocycles. The van der Waals surface area contributed by atoms with Crippen molar-refractivity contribution in [3.05, 3.63) is 29.8 Å². The molecule has 0 spiro atoms. The van der Waals surface area contributed by atoms with E-state index in [1.54, 1.807) is 18.0 Å². The van der Waals surface area contributed by atoms with Gasteiger partial charge in [0.05, 0.1) is 18.6 Å². The van der Waals surface area contributed by atoms with E-state index < -0.39 is 0 Å². The summed E-state index contributed by atoms with van der Waals surface area (Å²) in [5.41, 5.74) is 3.69. The molecule has 3 N–H and O–H groups in total. The maximum Gasteiger partial charge on any atom is 0.240 e. The van der Waals surface area contributed by atoms with E-state index in [9.17, 15) is 4.79 Å². The Labute approximate surface area is 198 Å². The Morgan fingerprint density at radius 2 is 2.09 bits per heavy atom. The lowest BCUT2D eigenvalue weighted by Crippen LogP contribution is -2.13. The number of amides is 1. The number of nitrogens with zero attached hydrogens (tertiary/aromatic N) is 5. The topological polar surface area (TPSA) is 130 Å². The molecule has 0 atom stereocenters. The number of benzene rings is 1. The summed E-state index contributed by atoms with van der Waals surface area (Å²) in [4.78, 5) is 16.4. The van der Waals surface area contributed by atoms with Crippen molar-refractivity contribution in [2.75, 3.05) is 28.9 Å². The van der Waals surface area contributed by atoms with Gasteiger partial charge in [-0.15, -0.1) is 15.3 Å². The number of H-pyrrole nitrogens is 1. The van der Waals surface area contributed by atoms with Gasteiger partial charge in [-0.2, -0.15) is 10.1 Å². The first-order chi connectivity index (χ1) is 15.5. The number of hydrogen-bond acceptors (Lipinski definition) is 11. The van der Waals surface area contributed by atoms with Gasteiger partial charge >= 0.3 is 0 Å². The third-order valence-electron chi connectivity index (χ3n) is 3.57. The number of hydrazone groups is 1. The number of carbonyl (C=O) groups excluding carboxylic acids is 1. The van der Waals surface area contributed by atoms with Crippen LogP contribution < -0.4 is 15.5 Å². The Kier molecular flexibility index (Phi) is 9.31. The fourth-order valence-electron chi connectivity index (χ4n) is 2.19. The van der Waals surface area contributed by atoms with Crippen LogP contribution in [0.15, 0.2) is 38.9 Å². The Bertz CT molecular complexity index is 1020. The van der Waals surface area contributed by atoms with Crippen LogP contribution in [-0.2, 0) is 4.79 Å². The number of ether oxygens (including phenoxy) is 1. The predicted molar refractivity (Wildman–Crippen MR) is 130 cm³/mol. The highest BCUT2D eigenvalue weighted by Gasteiger charge is 2.11. The average molecular weight is 493 g/mol. The van der Waals surface area contributed by atoms with E-state index >= 15 is 0 Å². The summed E-state index contributed by atoms with van der Waals surface area (Å²) in [6, 6.07) is 7.57. The molecule has 0 radical (unpaired) electrons. The number of aromatic nitrogens is 5. The third-order valence-corrected chi connectivity index (χ3v) is 6.81.